The first-order valence-corrected chi connectivity index (χ1v) is 9.09. The number of carbonyl (C=O) groups excluding carboxylic acids is 1. The molecule has 0 bridgehead atoms. The van der Waals surface area contributed by atoms with Crippen molar-refractivity contribution in [2.75, 3.05) is 30.8 Å². The van der Waals surface area contributed by atoms with Crippen LogP contribution >= 0.6 is 0 Å². The van der Waals surface area contributed by atoms with Gasteiger partial charge in [0, 0.05) is 31.9 Å². The van der Waals surface area contributed by atoms with Gasteiger partial charge in [-0.05, 0) is 45.1 Å². The molecule has 1 saturated heterocycles. The zero-order valence-corrected chi connectivity index (χ0v) is 14.8. The third kappa shape index (κ3) is 4.79. The minimum Gasteiger partial charge on any atom is -0.381 e. The van der Waals surface area contributed by atoms with Crippen molar-refractivity contribution < 1.29 is 9.53 Å². The fourth-order valence-corrected chi connectivity index (χ4v) is 3.54. The van der Waals surface area contributed by atoms with Crippen molar-refractivity contribution in [3.8, 4) is 0 Å². The largest absolute Gasteiger partial charge is 0.381 e. The van der Waals surface area contributed by atoms with Crippen LogP contribution in [-0.2, 0) is 4.74 Å². The van der Waals surface area contributed by atoms with Crippen LogP contribution in [0, 0.1) is 0 Å². The van der Waals surface area contributed by atoms with Crippen molar-refractivity contribution in [1.82, 2.24) is 15.3 Å². The van der Waals surface area contributed by atoms with Gasteiger partial charge in [0.1, 0.15) is 5.82 Å². The summed E-state index contributed by atoms with van der Waals surface area (Å²) in [5.41, 5.74) is 5.81. The topological polar surface area (TPSA) is 114 Å². The van der Waals surface area contributed by atoms with Gasteiger partial charge in [-0.2, -0.15) is 4.98 Å². The van der Waals surface area contributed by atoms with Crippen LogP contribution in [0.1, 0.15) is 48.9 Å². The number of hydrogen-bond donors (Lipinski definition) is 4. The molecule has 1 aromatic heterocycles. The molecule has 2 fully saturated rings. The first kappa shape index (κ1) is 17.9. The summed E-state index contributed by atoms with van der Waals surface area (Å²) >= 11 is 0. The molecule has 25 heavy (non-hydrogen) atoms. The second-order valence-corrected chi connectivity index (χ2v) is 6.86. The molecule has 1 aliphatic heterocycles. The molecule has 8 nitrogen and oxygen atoms in total. The quantitative estimate of drug-likeness (QED) is 0.609. The number of nitrogens with one attached hydrogen (secondary N) is 3. The number of primary amides is 1. The predicted molar refractivity (Wildman–Crippen MR) is 96.7 cm³/mol. The van der Waals surface area contributed by atoms with Gasteiger partial charge in [0.15, 0.2) is 0 Å². The standard InChI is InChI=1S/C17H28N6O2/c1-25-13-6-4-11(5-7-13)22-17-20-10-14(15(18)24)16(23-17)21-12-3-2-8-19-9-12/h10-13,19H,2-9H2,1H3,(H2,18,24)(H2,20,21,22,23)/t11?,12-,13?/m1/s1. The first-order valence-electron chi connectivity index (χ1n) is 9.09. The van der Waals surface area contributed by atoms with Crippen LogP contribution in [-0.4, -0.2) is 54.3 Å². The molecular weight excluding hydrogens is 320 g/mol. The molecule has 0 spiro atoms. The van der Waals surface area contributed by atoms with E-state index in [0.29, 0.717) is 29.5 Å². The number of nitrogens with zero attached hydrogens (tertiary/aromatic N) is 2. The van der Waals surface area contributed by atoms with E-state index >= 15 is 0 Å². The van der Waals surface area contributed by atoms with Gasteiger partial charge in [0.05, 0.1) is 11.7 Å². The van der Waals surface area contributed by atoms with Crippen molar-refractivity contribution in [3.63, 3.8) is 0 Å². The highest BCUT2D eigenvalue weighted by Gasteiger charge is 2.23. The highest BCUT2D eigenvalue weighted by atomic mass is 16.5. The van der Waals surface area contributed by atoms with Gasteiger partial charge in [-0.1, -0.05) is 0 Å². The van der Waals surface area contributed by atoms with Gasteiger partial charge in [-0.15, -0.1) is 0 Å². The summed E-state index contributed by atoms with van der Waals surface area (Å²) in [5.74, 6) is 0.542. The Morgan fingerprint density at radius 3 is 2.68 bits per heavy atom. The maximum atomic E-state index is 11.7. The number of anilines is 2. The molecule has 0 aromatic carbocycles. The molecule has 1 aromatic rings. The van der Waals surface area contributed by atoms with E-state index in [4.69, 9.17) is 10.5 Å². The van der Waals surface area contributed by atoms with Gasteiger partial charge in [-0.3, -0.25) is 4.79 Å². The monoisotopic (exact) mass is 348 g/mol. The molecule has 5 N–H and O–H groups in total. The molecule has 0 radical (unpaired) electrons. The van der Waals surface area contributed by atoms with Crippen LogP contribution in [0.4, 0.5) is 11.8 Å². The summed E-state index contributed by atoms with van der Waals surface area (Å²) in [4.78, 5) is 20.5. The van der Waals surface area contributed by atoms with Crippen LogP contribution in [0.15, 0.2) is 6.20 Å². The van der Waals surface area contributed by atoms with E-state index < -0.39 is 5.91 Å². The highest BCUT2D eigenvalue weighted by molar-refractivity contribution is 5.97. The number of hydrogen-bond acceptors (Lipinski definition) is 7. The zero-order valence-electron chi connectivity index (χ0n) is 14.8. The molecule has 0 unspecified atom stereocenters. The van der Waals surface area contributed by atoms with E-state index in [1.165, 1.54) is 6.20 Å². The Bertz CT molecular complexity index is 583. The second kappa shape index (κ2) is 8.44. The summed E-state index contributed by atoms with van der Waals surface area (Å²) in [6.07, 6.45) is 8.12. The van der Waals surface area contributed by atoms with Gasteiger partial charge in [-0.25, -0.2) is 4.98 Å². The van der Waals surface area contributed by atoms with Gasteiger partial charge < -0.3 is 26.4 Å². The van der Waals surface area contributed by atoms with Crippen molar-refractivity contribution in [2.45, 2.75) is 56.7 Å². The van der Waals surface area contributed by atoms with Gasteiger partial charge in [0.2, 0.25) is 5.95 Å². The molecule has 2 aliphatic rings. The van der Waals surface area contributed by atoms with Gasteiger partial charge in [0.25, 0.3) is 5.91 Å². The van der Waals surface area contributed by atoms with Gasteiger partial charge >= 0.3 is 0 Å². The van der Waals surface area contributed by atoms with E-state index in [0.717, 1.165) is 51.6 Å². The zero-order chi connectivity index (χ0) is 17.6. The minimum absolute atomic E-state index is 0.242. The minimum atomic E-state index is -0.515. The predicted octanol–water partition coefficient (Wildman–Crippen LogP) is 1.11. The number of rotatable bonds is 6. The normalized spacial score (nSPS) is 26.8. The Hall–Kier alpha value is -1.93. The summed E-state index contributed by atoms with van der Waals surface area (Å²) in [6.45, 7) is 1.88. The van der Waals surface area contributed by atoms with Crippen LogP contribution in [0.25, 0.3) is 0 Å². The fourth-order valence-electron chi connectivity index (χ4n) is 3.54. The molecule has 1 saturated carbocycles. The number of aromatic nitrogens is 2. The highest BCUT2D eigenvalue weighted by Crippen LogP contribution is 2.24. The third-order valence-corrected chi connectivity index (χ3v) is 5.03. The molecule has 1 atom stereocenters. The van der Waals surface area contributed by atoms with Crippen LogP contribution in [0.2, 0.25) is 0 Å². The van der Waals surface area contributed by atoms with Crippen LogP contribution < -0.4 is 21.7 Å². The van der Waals surface area contributed by atoms with Crippen molar-refractivity contribution in [1.29, 1.82) is 0 Å². The lowest BCUT2D eigenvalue weighted by atomic mass is 9.93. The number of amides is 1. The average molecular weight is 348 g/mol. The number of piperidine rings is 1. The summed E-state index contributed by atoms with van der Waals surface area (Å²) in [6, 6.07) is 0.571. The Labute approximate surface area is 148 Å². The molecule has 2 heterocycles. The smallest absolute Gasteiger partial charge is 0.254 e. The second-order valence-electron chi connectivity index (χ2n) is 6.86. The molecule has 1 aliphatic carbocycles. The maximum absolute atomic E-state index is 11.7. The fraction of sp³-hybridized carbons (Fsp3) is 0.706. The van der Waals surface area contributed by atoms with Crippen molar-refractivity contribution in [3.05, 3.63) is 11.8 Å². The van der Waals surface area contributed by atoms with E-state index in [1.54, 1.807) is 7.11 Å². The number of carbonyl (C=O) groups is 1. The molecule has 1 amide bonds. The summed E-state index contributed by atoms with van der Waals surface area (Å²) in [5, 5.41) is 10.1. The lowest BCUT2D eigenvalue weighted by Crippen LogP contribution is -2.39. The summed E-state index contributed by atoms with van der Waals surface area (Å²) in [7, 11) is 1.77. The lowest BCUT2D eigenvalue weighted by Gasteiger charge is -2.28. The SMILES string of the molecule is COC1CCC(Nc2ncc(C(N)=O)c(N[C@@H]3CCCNC3)n2)CC1. The first-order chi connectivity index (χ1) is 12.2. The number of methoxy groups -OCH3 is 1. The Morgan fingerprint density at radius 1 is 1.24 bits per heavy atom. The summed E-state index contributed by atoms with van der Waals surface area (Å²) < 4.78 is 5.41. The van der Waals surface area contributed by atoms with E-state index in [2.05, 4.69) is 25.9 Å². The van der Waals surface area contributed by atoms with Crippen LogP contribution in [0.3, 0.4) is 0 Å². The van der Waals surface area contributed by atoms with E-state index in [9.17, 15) is 4.79 Å². The molecule has 138 valence electrons. The lowest BCUT2D eigenvalue weighted by molar-refractivity contribution is 0.0681. The van der Waals surface area contributed by atoms with Crippen LogP contribution in [0.5, 0.6) is 0 Å². The number of ether oxygens (including phenoxy) is 1. The average Bonchev–Trinajstić information content (AvgIpc) is 2.63. The number of nitrogens with two attached hydrogens (primary N) is 1. The Balaban J connectivity index is 1.68. The molecule has 3 rings (SSSR count). The molecular formula is C17H28N6O2. The third-order valence-electron chi connectivity index (χ3n) is 5.03. The van der Waals surface area contributed by atoms with Crippen molar-refractivity contribution in [2.24, 2.45) is 5.73 Å². The van der Waals surface area contributed by atoms with E-state index in [-0.39, 0.29) is 6.04 Å². The molecule has 8 heteroatoms. The Morgan fingerprint density at radius 2 is 2.04 bits per heavy atom. The maximum Gasteiger partial charge on any atom is 0.254 e. The van der Waals surface area contributed by atoms with E-state index in [1.807, 2.05) is 0 Å². The van der Waals surface area contributed by atoms with Crippen molar-refractivity contribution >= 4 is 17.7 Å². The Kier molecular flexibility index (Phi) is 6.04.